The van der Waals surface area contributed by atoms with Crippen molar-refractivity contribution in [2.45, 2.75) is 51.0 Å². The van der Waals surface area contributed by atoms with Gasteiger partial charge in [-0.1, -0.05) is 37.5 Å². The molecule has 0 radical (unpaired) electrons. The molecular weight excluding hydrogens is 342 g/mol. The van der Waals surface area contributed by atoms with Crippen molar-refractivity contribution in [2.24, 2.45) is 5.92 Å². The van der Waals surface area contributed by atoms with Gasteiger partial charge in [0.25, 0.3) is 5.91 Å². The van der Waals surface area contributed by atoms with Crippen LogP contribution in [-0.2, 0) is 9.59 Å². The van der Waals surface area contributed by atoms with Crippen molar-refractivity contribution in [1.29, 1.82) is 0 Å². The van der Waals surface area contributed by atoms with Crippen molar-refractivity contribution >= 4 is 17.7 Å². The molecule has 2 aliphatic rings. The van der Waals surface area contributed by atoms with Crippen LogP contribution in [0.15, 0.2) is 30.3 Å². The summed E-state index contributed by atoms with van der Waals surface area (Å²) in [7, 11) is 0. The van der Waals surface area contributed by atoms with E-state index >= 15 is 0 Å². The molecule has 3 amide bonds. The smallest absolute Gasteiger partial charge is 0.257 e. The molecule has 1 heterocycles. The maximum absolute atomic E-state index is 12.5. The number of hydrogen-bond acceptors (Lipinski definition) is 4. The number of nitrogens with zero attached hydrogens (tertiary/aromatic N) is 1. The van der Waals surface area contributed by atoms with Crippen LogP contribution >= 0.6 is 0 Å². The van der Waals surface area contributed by atoms with Crippen molar-refractivity contribution in [3.05, 3.63) is 35.9 Å². The molecule has 6 nitrogen and oxygen atoms in total. The number of benzene rings is 1. The summed E-state index contributed by atoms with van der Waals surface area (Å²) in [5, 5.41) is 5.50. The summed E-state index contributed by atoms with van der Waals surface area (Å²) < 4.78 is 0. The van der Waals surface area contributed by atoms with E-state index in [1.807, 2.05) is 11.0 Å². The van der Waals surface area contributed by atoms with Gasteiger partial charge >= 0.3 is 0 Å². The van der Waals surface area contributed by atoms with Crippen molar-refractivity contribution in [3.8, 4) is 0 Å². The van der Waals surface area contributed by atoms with Crippen LogP contribution in [0.5, 0.6) is 0 Å². The number of nitrogens with one attached hydrogen (secondary N) is 2. The fraction of sp³-hybridized carbons (Fsp3) is 0.571. The number of rotatable bonds is 6. The summed E-state index contributed by atoms with van der Waals surface area (Å²) in [6, 6.07) is 8.28. The first-order chi connectivity index (χ1) is 13.1. The van der Waals surface area contributed by atoms with E-state index in [0.717, 1.165) is 13.0 Å². The Hall–Kier alpha value is -2.21. The average Bonchev–Trinajstić information content (AvgIpc) is 3.16. The lowest BCUT2D eigenvalue weighted by Crippen LogP contribution is -2.48. The van der Waals surface area contributed by atoms with Crippen LogP contribution in [0.2, 0.25) is 0 Å². The summed E-state index contributed by atoms with van der Waals surface area (Å²) in [6.45, 7) is 1.65. The van der Waals surface area contributed by atoms with Crippen LogP contribution in [0.25, 0.3) is 0 Å². The second kappa shape index (κ2) is 9.65. The molecule has 1 aliphatic carbocycles. The Labute approximate surface area is 160 Å². The number of amides is 3. The molecule has 0 bridgehead atoms. The van der Waals surface area contributed by atoms with E-state index in [1.54, 1.807) is 24.3 Å². The Morgan fingerprint density at radius 2 is 1.70 bits per heavy atom. The Bertz CT molecular complexity index is 656. The molecule has 27 heavy (non-hydrogen) atoms. The maximum Gasteiger partial charge on any atom is 0.257 e. The van der Waals surface area contributed by atoms with Crippen molar-refractivity contribution in [3.63, 3.8) is 0 Å². The van der Waals surface area contributed by atoms with Gasteiger partial charge in [-0.2, -0.15) is 0 Å². The van der Waals surface area contributed by atoms with Crippen molar-refractivity contribution in [2.75, 3.05) is 19.6 Å². The van der Waals surface area contributed by atoms with Gasteiger partial charge in [-0.3, -0.25) is 24.6 Å². The minimum absolute atomic E-state index is 0.0327. The second-order valence-electron chi connectivity index (χ2n) is 7.62. The lowest BCUT2D eigenvalue weighted by Gasteiger charge is -2.25. The first-order valence-corrected chi connectivity index (χ1v) is 10.0. The molecule has 0 unspecified atom stereocenters. The molecule has 1 saturated carbocycles. The number of likely N-dealkylation sites (tertiary alicyclic amines) is 1. The molecule has 1 saturated heterocycles. The van der Waals surface area contributed by atoms with E-state index in [1.165, 1.54) is 32.1 Å². The highest BCUT2D eigenvalue weighted by Crippen LogP contribution is 2.23. The fourth-order valence-electron chi connectivity index (χ4n) is 4.06. The van der Waals surface area contributed by atoms with E-state index in [-0.39, 0.29) is 18.4 Å². The Kier molecular flexibility index (Phi) is 6.98. The predicted molar refractivity (Wildman–Crippen MR) is 103 cm³/mol. The molecule has 6 heteroatoms. The zero-order chi connectivity index (χ0) is 19.1. The van der Waals surface area contributed by atoms with E-state index < -0.39 is 11.9 Å². The third-order valence-electron chi connectivity index (χ3n) is 5.60. The minimum atomic E-state index is -0.418. The molecular formula is C21H29N3O3. The maximum atomic E-state index is 12.5. The average molecular weight is 371 g/mol. The minimum Gasteiger partial charge on any atom is -0.355 e. The van der Waals surface area contributed by atoms with Crippen LogP contribution in [0.1, 0.15) is 55.3 Å². The van der Waals surface area contributed by atoms with Crippen LogP contribution in [0.4, 0.5) is 0 Å². The van der Waals surface area contributed by atoms with Gasteiger partial charge < -0.3 is 5.32 Å². The largest absolute Gasteiger partial charge is 0.355 e. The van der Waals surface area contributed by atoms with Gasteiger partial charge in [-0.25, -0.2) is 0 Å². The summed E-state index contributed by atoms with van der Waals surface area (Å²) in [4.78, 5) is 38.9. The van der Waals surface area contributed by atoms with Gasteiger partial charge in [0, 0.05) is 12.1 Å². The molecule has 1 atom stereocenters. The predicted octanol–water partition coefficient (Wildman–Crippen LogP) is 2.10. The zero-order valence-corrected chi connectivity index (χ0v) is 15.8. The van der Waals surface area contributed by atoms with E-state index in [4.69, 9.17) is 0 Å². The van der Waals surface area contributed by atoms with Gasteiger partial charge in [-0.05, 0) is 50.3 Å². The normalized spacial score (nSPS) is 21.0. The lowest BCUT2D eigenvalue weighted by molar-refractivity contribution is -0.127. The highest BCUT2D eigenvalue weighted by molar-refractivity contribution is 6.06. The zero-order valence-electron chi connectivity index (χ0n) is 15.8. The first kappa shape index (κ1) is 19.5. The number of carbonyl (C=O) groups excluding carboxylic acids is 3. The summed E-state index contributed by atoms with van der Waals surface area (Å²) >= 11 is 0. The molecule has 2 fully saturated rings. The monoisotopic (exact) mass is 371 g/mol. The third kappa shape index (κ3) is 5.63. The topological polar surface area (TPSA) is 78.5 Å². The Balaban J connectivity index is 1.46. The van der Waals surface area contributed by atoms with Gasteiger partial charge in [0.05, 0.1) is 12.6 Å². The fourth-order valence-corrected chi connectivity index (χ4v) is 4.06. The number of hydrogen-bond donors (Lipinski definition) is 2. The van der Waals surface area contributed by atoms with Crippen LogP contribution in [0, 0.1) is 5.92 Å². The standard InChI is InChI=1S/C21H29N3O3/c25-19(22-14-16-8-3-1-4-9-16)15-24-13-7-12-18(24)21(27)23-20(26)17-10-5-2-6-11-17/h2,5-6,10-11,16,18H,1,3-4,7-9,12-15H2,(H,22,25)(H,23,26,27)/t18-/m0/s1. The Morgan fingerprint density at radius 1 is 0.963 bits per heavy atom. The van der Waals surface area contributed by atoms with E-state index in [2.05, 4.69) is 10.6 Å². The lowest BCUT2D eigenvalue weighted by atomic mass is 9.89. The third-order valence-corrected chi connectivity index (χ3v) is 5.60. The molecule has 0 spiro atoms. The van der Waals surface area contributed by atoms with E-state index in [0.29, 0.717) is 24.4 Å². The second-order valence-corrected chi connectivity index (χ2v) is 7.62. The van der Waals surface area contributed by atoms with Crippen molar-refractivity contribution < 1.29 is 14.4 Å². The number of carbonyl (C=O) groups is 3. The molecule has 0 aromatic heterocycles. The number of imide groups is 1. The highest BCUT2D eigenvalue weighted by atomic mass is 16.2. The van der Waals surface area contributed by atoms with Gasteiger partial charge in [-0.15, -0.1) is 0 Å². The summed E-state index contributed by atoms with van der Waals surface area (Å²) in [5.74, 6) is -0.158. The van der Waals surface area contributed by atoms with Crippen LogP contribution in [0.3, 0.4) is 0 Å². The molecule has 2 N–H and O–H groups in total. The van der Waals surface area contributed by atoms with Crippen LogP contribution in [-0.4, -0.2) is 48.3 Å². The quantitative estimate of drug-likeness (QED) is 0.751. The molecule has 1 aromatic carbocycles. The van der Waals surface area contributed by atoms with Crippen molar-refractivity contribution in [1.82, 2.24) is 15.5 Å². The molecule has 146 valence electrons. The summed E-state index contributed by atoms with van der Waals surface area (Å²) in [5.41, 5.74) is 0.459. The van der Waals surface area contributed by atoms with Gasteiger partial charge in [0.2, 0.25) is 11.8 Å². The Morgan fingerprint density at radius 3 is 2.44 bits per heavy atom. The SMILES string of the molecule is O=C(CN1CCC[C@H]1C(=O)NC(=O)c1ccccc1)NCC1CCCCC1. The first-order valence-electron chi connectivity index (χ1n) is 10.0. The van der Waals surface area contributed by atoms with Crippen LogP contribution < -0.4 is 10.6 Å². The van der Waals surface area contributed by atoms with Gasteiger partial charge in [0.15, 0.2) is 0 Å². The van der Waals surface area contributed by atoms with E-state index in [9.17, 15) is 14.4 Å². The molecule has 1 aromatic rings. The molecule has 3 rings (SSSR count). The highest BCUT2D eigenvalue weighted by Gasteiger charge is 2.32. The summed E-state index contributed by atoms with van der Waals surface area (Å²) in [6.07, 6.45) is 7.72. The molecule has 1 aliphatic heterocycles. The van der Waals surface area contributed by atoms with Gasteiger partial charge in [0.1, 0.15) is 0 Å².